The zero-order valence-electron chi connectivity index (χ0n) is 23.1. The number of halogens is 1. The van der Waals surface area contributed by atoms with Gasteiger partial charge in [-0.15, -0.1) is 0 Å². The van der Waals surface area contributed by atoms with E-state index in [0.717, 1.165) is 41.1 Å². The third-order valence-electron chi connectivity index (χ3n) is 7.91. The van der Waals surface area contributed by atoms with Crippen molar-refractivity contribution in [2.45, 2.75) is 39.3 Å². The Bertz CT molecular complexity index is 1510. The van der Waals surface area contributed by atoms with Gasteiger partial charge < -0.3 is 15.4 Å². The number of nitrogens with zero attached hydrogens (tertiary/aromatic N) is 4. The maximum absolute atomic E-state index is 13.7. The summed E-state index contributed by atoms with van der Waals surface area (Å²) in [6, 6.07) is 6.63. The van der Waals surface area contributed by atoms with Gasteiger partial charge in [-0.25, -0.2) is 14.4 Å². The fraction of sp³-hybridized carbons (Fsp3) is 0.367. The number of carbonyl (C=O) groups is 1. The highest BCUT2D eigenvalue weighted by atomic mass is 19.1. The van der Waals surface area contributed by atoms with Crippen molar-refractivity contribution in [3.8, 4) is 11.3 Å². The van der Waals surface area contributed by atoms with Crippen LogP contribution in [0.5, 0.6) is 0 Å². The van der Waals surface area contributed by atoms with E-state index in [1.54, 1.807) is 12.4 Å². The Hall–Kier alpha value is -3.82. The van der Waals surface area contributed by atoms with Gasteiger partial charge in [0, 0.05) is 36.9 Å². The van der Waals surface area contributed by atoms with Crippen molar-refractivity contribution in [3.63, 3.8) is 0 Å². The van der Waals surface area contributed by atoms with E-state index in [9.17, 15) is 9.18 Å². The van der Waals surface area contributed by atoms with E-state index in [-0.39, 0.29) is 23.2 Å². The molecule has 4 heterocycles. The van der Waals surface area contributed by atoms with Crippen molar-refractivity contribution < 1.29 is 13.9 Å². The minimum atomic E-state index is -0.388. The SMILES string of the molecule is C=C(C(=N/C(=C\C)Nc1ccc(-c2cnc3cc(F)ccn23)c2c1C(=O)NC2)C(C)(C)N(C)C)[C@H]1CCOC1. The summed E-state index contributed by atoms with van der Waals surface area (Å²) in [5, 5.41) is 6.37. The molecule has 1 aromatic carbocycles. The van der Waals surface area contributed by atoms with Crippen LogP contribution in [0.25, 0.3) is 16.9 Å². The molecule has 2 aliphatic heterocycles. The molecule has 204 valence electrons. The molecule has 0 aliphatic carbocycles. The Morgan fingerprint density at radius 3 is 2.85 bits per heavy atom. The number of fused-ring (bicyclic) bond motifs is 2. The number of amides is 1. The van der Waals surface area contributed by atoms with Crippen LogP contribution in [0.15, 0.2) is 65.7 Å². The van der Waals surface area contributed by atoms with Crippen molar-refractivity contribution in [1.29, 1.82) is 0 Å². The average Bonchev–Trinajstić information content (AvgIpc) is 3.66. The van der Waals surface area contributed by atoms with Crippen molar-refractivity contribution in [3.05, 3.63) is 77.7 Å². The third kappa shape index (κ3) is 4.88. The number of ether oxygens (including phenoxy) is 1. The maximum Gasteiger partial charge on any atom is 0.254 e. The molecule has 2 N–H and O–H groups in total. The smallest absolute Gasteiger partial charge is 0.254 e. The van der Waals surface area contributed by atoms with Crippen molar-refractivity contribution in [1.82, 2.24) is 19.6 Å². The summed E-state index contributed by atoms with van der Waals surface area (Å²) >= 11 is 0. The second-order valence-corrected chi connectivity index (χ2v) is 10.7. The summed E-state index contributed by atoms with van der Waals surface area (Å²) < 4.78 is 21.2. The normalized spacial score (nSPS) is 18.1. The topological polar surface area (TPSA) is 83.3 Å². The van der Waals surface area contributed by atoms with Crippen LogP contribution in [0, 0.1) is 11.7 Å². The molecule has 0 spiro atoms. The first-order chi connectivity index (χ1) is 18.6. The van der Waals surface area contributed by atoms with E-state index >= 15 is 0 Å². The molecule has 3 aromatic rings. The molecule has 0 radical (unpaired) electrons. The molecule has 39 heavy (non-hydrogen) atoms. The van der Waals surface area contributed by atoms with Crippen LogP contribution in [0.3, 0.4) is 0 Å². The largest absolute Gasteiger partial charge is 0.381 e. The predicted octanol–water partition coefficient (Wildman–Crippen LogP) is 5.03. The van der Waals surface area contributed by atoms with Gasteiger partial charge in [-0.1, -0.05) is 12.6 Å². The summed E-state index contributed by atoms with van der Waals surface area (Å²) in [7, 11) is 4.06. The number of pyridine rings is 1. The fourth-order valence-corrected chi connectivity index (χ4v) is 5.09. The number of nitrogens with one attached hydrogen (secondary N) is 2. The second kappa shape index (κ2) is 10.4. The van der Waals surface area contributed by atoms with Gasteiger partial charge in [0.1, 0.15) is 17.3 Å². The molecule has 8 nitrogen and oxygen atoms in total. The Labute approximate surface area is 228 Å². The lowest BCUT2D eigenvalue weighted by Gasteiger charge is -2.36. The molecule has 2 aromatic heterocycles. The van der Waals surface area contributed by atoms with Gasteiger partial charge in [-0.05, 0) is 70.6 Å². The maximum atomic E-state index is 13.7. The van der Waals surface area contributed by atoms with Gasteiger partial charge in [0.2, 0.25) is 0 Å². The van der Waals surface area contributed by atoms with Gasteiger partial charge in [0.25, 0.3) is 5.91 Å². The first kappa shape index (κ1) is 26.8. The molecule has 5 rings (SSSR count). The van der Waals surface area contributed by atoms with Crippen molar-refractivity contribution in [2.75, 3.05) is 32.6 Å². The van der Waals surface area contributed by atoms with Gasteiger partial charge in [-0.2, -0.15) is 0 Å². The lowest BCUT2D eigenvalue weighted by molar-refractivity contribution is 0.0966. The Balaban J connectivity index is 1.54. The van der Waals surface area contributed by atoms with E-state index in [2.05, 4.69) is 40.9 Å². The van der Waals surface area contributed by atoms with Crippen LogP contribution in [0.2, 0.25) is 0 Å². The molecule has 1 amide bonds. The van der Waals surface area contributed by atoms with Crippen molar-refractivity contribution >= 4 is 23.0 Å². The Morgan fingerprint density at radius 2 is 2.15 bits per heavy atom. The predicted molar refractivity (Wildman–Crippen MR) is 152 cm³/mol. The fourth-order valence-electron chi connectivity index (χ4n) is 5.09. The van der Waals surface area contributed by atoms with Crippen molar-refractivity contribution in [2.24, 2.45) is 10.9 Å². The van der Waals surface area contributed by atoms with Gasteiger partial charge in [-0.3, -0.25) is 14.1 Å². The molecular formula is C30H35FN6O2. The van der Waals surface area contributed by atoms with Crippen LogP contribution >= 0.6 is 0 Å². The van der Waals surface area contributed by atoms with Crippen LogP contribution < -0.4 is 10.6 Å². The van der Waals surface area contributed by atoms with E-state index in [1.165, 1.54) is 12.1 Å². The highest BCUT2D eigenvalue weighted by molar-refractivity contribution is 6.08. The summed E-state index contributed by atoms with van der Waals surface area (Å²) in [6.07, 6.45) is 6.18. The molecule has 1 saturated heterocycles. The standard InChI is InChI=1S/C30H35FN6O2/c1-7-25(35-28(30(3,4)36(5)6)18(2)19-11-13-39-17-19)34-23-9-8-21(22-15-33-29(38)27(22)23)24-16-32-26-14-20(31)10-12-37(24)26/h7-10,12,14,16,19,34H,2,11,13,15,17H2,1,3-6H3,(H,33,38)/b25-7-,35-28?/t19-/m0/s1. The molecule has 1 atom stereocenters. The number of rotatable bonds is 8. The average molecular weight is 531 g/mol. The summed E-state index contributed by atoms with van der Waals surface area (Å²) in [6.45, 7) is 12.4. The quantitative estimate of drug-likeness (QED) is 0.399. The van der Waals surface area contributed by atoms with E-state index < -0.39 is 0 Å². The first-order valence-corrected chi connectivity index (χ1v) is 13.2. The zero-order valence-corrected chi connectivity index (χ0v) is 23.1. The van der Waals surface area contributed by atoms with Crippen LogP contribution in [-0.4, -0.2) is 58.8 Å². The summed E-state index contributed by atoms with van der Waals surface area (Å²) in [5.41, 5.74) is 5.70. The number of aliphatic imine (C=N–C) groups is 1. The van der Waals surface area contributed by atoms with Crippen LogP contribution in [-0.2, 0) is 11.3 Å². The van der Waals surface area contributed by atoms with Gasteiger partial charge in [0.15, 0.2) is 0 Å². The number of benzene rings is 1. The lowest BCUT2D eigenvalue weighted by atomic mass is 9.84. The zero-order chi connectivity index (χ0) is 27.9. The molecule has 2 aliphatic rings. The Morgan fingerprint density at radius 1 is 1.36 bits per heavy atom. The number of carbonyl (C=O) groups excluding carboxylic acids is 1. The Kier molecular flexibility index (Phi) is 7.13. The monoisotopic (exact) mass is 530 g/mol. The highest BCUT2D eigenvalue weighted by Crippen LogP contribution is 2.35. The molecule has 0 unspecified atom stereocenters. The summed E-state index contributed by atoms with van der Waals surface area (Å²) in [4.78, 5) is 24.6. The summed E-state index contributed by atoms with van der Waals surface area (Å²) in [5.74, 6) is 0.338. The number of hydrogen-bond acceptors (Lipinski definition) is 6. The minimum absolute atomic E-state index is 0.157. The number of aromatic nitrogens is 2. The highest BCUT2D eigenvalue weighted by Gasteiger charge is 2.34. The number of imidazole rings is 1. The lowest BCUT2D eigenvalue weighted by Crippen LogP contribution is -2.47. The van der Waals surface area contributed by atoms with Gasteiger partial charge in [0.05, 0.1) is 41.0 Å². The molecule has 0 bridgehead atoms. The third-order valence-corrected chi connectivity index (χ3v) is 7.91. The molecule has 1 fully saturated rings. The molecular weight excluding hydrogens is 495 g/mol. The molecule has 0 saturated carbocycles. The van der Waals surface area contributed by atoms with Crippen LogP contribution in [0.4, 0.5) is 10.1 Å². The number of allylic oxidation sites excluding steroid dienone is 1. The van der Waals surface area contributed by atoms with E-state index in [0.29, 0.717) is 35.9 Å². The van der Waals surface area contributed by atoms with Gasteiger partial charge >= 0.3 is 0 Å². The minimum Gasteiger partial charge on any atom is -0.381 e. The first-order valence-electron chi connectivity index (χ1n) is 13.2. The second-order valence-electron chi connectivity index (χ2n) is 10.7. The van der Waals surface area contributed by atoms with E-state index in [4.69, 9.17) is 9.73 Å². The van der Waals surface area contributed by atoms with Crippen LogP contribution in [0.1, 0.15) is 43.1 Å². The van der Waals surface area contributed by atoms with E-state index in [1.807, 2.05) is 43.6 Å². The molecule has 9 heteroatoms. The number of hydrogen-bond donors (Lipinski definition) is 2. The number of anilines is 1.